The Morgan fingerprint density at radius 2 is 1.81 bits per heavy atom. The van der Waals surface area contributed by atoms with Crippen molar-refractivity contribution >= 4 is 29.7 Å². The Hall–Kier alpha value is -4.60. The monoisotopic (exact) mass is 576 g/mol. The van der Waals surface area contributed by atoms with Crippen molar-refractivity contribution in [3.63, 3.8) is 0 Å². The molecule has 10 nitrogen and oxygen atoms in total. The molecule has 2 N–H and O–H groups in total. The summed E-state index contributed by atoms with van der Waals surface area (Å²) in [5, 5.41) is 5.69. The number of alkyl carbamates (subject to hydrolysis) is 1. The molecule has 0 spiro atoms. The summed E-state index contributed by atoms with van der Waals surface area (Å²) in [6.07, 6.45) is 3.03. The van der Waals surface area contributed by atoms with Gasteiger partial charge in [-0.1, -0.05) is 54.6 Å². The standard InChI is InChI=1S/C32H40N4O6/c1-6-8-18-33-29(38)27-20-35(31(40)42-32(3,4)5)21-28(37)36(27)25-17-12-16-24(19-25)26(13-7-2)34-30(39)41-22-23-14-10-9-11-15-23/h6-7,9-12,14-17,19,26-27H,1-2,8,13,18,20-22H2,3-5H3,(H,33,38)(H,34,39)/t26-,27+/m0/s1. The van der Waals surface area contributed by atoms with Crippen LogP contribution in [0.25, 0.3) is 0 Å². The van der Waals surface area contributed by atoms with Crippen molar-refractivity contribution < 1.29 is 28.7 Å². The lowest BCUT2D eigenvalue weighted by atomic mass is 10.0. The fourth-order valence-corrected chi connectivity index (χ4v) is 4.42. The van der Waals surface area contributed by atoms with Gasteiger partial charge < -0.3 is 20.1 Å². The molecule has 1 aliphatic heterocycles. The molecule has 2 aromatic rings. The zero-order valence-corrected chi connectivity index (χ0v) is 24.5. The lowest BCUT2D eigenvalue weighted by molar-refractivity contribution is -0.129. The Morgan fingerprint density at radius 1 is 1.07 bits per heavy atom. The van der Waals surface area contributed by atoms with Crippen molar-refractivity contribution in [3.05, 3.63) is 91.0 Å². The molecule has 3 rings (SSSR count). The Kier molecular flexibility index (Phi) is 11.3. The maximum absolute atomic E-state index is 13.5. The molecule has 0 unspecified atom stereocenters. The average Bonchev–Trinajstić information content (AvgIpc) is 2.95. The van der Waals surface area contributed by atoms with E-state index < -0.39 is 41.7 Å². The van der Waals surface area contributed by atoms with E-state index in [1.165, 1.54) is 9.80 Å². The molecule has 2 atom stereocenters. The van der Waals surface area contributed by atoms with Gasteiger partial charge in [-0.05, 0) is 56.9 Å². The van der Waals surface area contributed by atoms with Crippen molar-refractivity contribution in [2.24, 2.45) is 0 Å². The first-order valence-corrected chi connectivity index (χ1v) is 13.9. The number of hydrogen-bond acceptors (Lipinski definition) is 6. The molecule has 0 bridgehead atoms. The largest absolute Gasteiger partial charge is 0.445 e. The highest BCUT2D eigenvalue weighted by Gasteiger charge is 2.41. The van der Waals surface area contributed by atoms with Crippen LogP contribution in [0.2, 0.25) is 0 Å². The highest BCUT2D eigenvalue weighted by Crippen LogP contribution is 2.28. The van der Waals surface area contributed by atoms with Crippen molar-refractivity contribution in [2.75, 3.05) is 24.5 Å². The van der Waals surface area contributed by atoms with Crippen LogP contribution in [0.5, 0.6) is 0 Å². The molecule has 0 aromatic heterocycles. The van der Waals surface area contributed by atoms with Gasteiger partial charge in [-0.15, -0.1) is 13.2 Å². The molecular formula is C32H40N4O6. The molecule has 2 aromatic carbocycles. The Balaban J connectivity index is 1.83. The first-order valence-electron chi connectivity index (χ1n) is 13.9. The summed E-state index contributed by atoms with van der Waals surface area (Å²) in [5.41, 5.74) is 1.25. The van der Waals surface area contributed by atoms with Gasteiger partial charge in [-0.2, -0.15) is 0 Å². The second-order valence-corrected chi connectivity index (χ2v) is 10.9. The minimum atomic E-state index is -1.000. The maximum atomic E-state index is 13.5. The zero-order valence-electron chi connectivity index (χ0n) is 24.5. The Bertz CT molecular complexity index is 1270. The molecule has 224 valence electrons. The molecular weight excluding hydrogens is 536 g/mol. The number of rotatable bonds is 11. The number of nitrogens with one attached hydrogen (secondary N) is 2. The minimum absolute atomic E-state index is 0.0506. The number of anilines is 1. The predicted molar refractivity (Wildman–Crippen MR) is 161 cm³/mol. The Morgan fingerprint density at radius 3 is 2.48 bits per heavy atom. The molecule has 0 aliphatic carbocycles. The van der Waals surface area contributed by atoms with Crippen LogP contribution in [-0.2, 0) is 25.7 Å². The van der Waals surface area contributed by atoms with E-state index in [4.69, 9.17) is 9.47 Å². The fraction of sp³-hybridized carbons (Fsp3) is 0.375. The van der Waals surface area contributed by atoms with Crippen molar-refractivity contribution in [3.8, 4) is 0 Å². The molecule has 1 saturated heterocycles. The summed E-state index contributed by atoms with van der Waals surface area (Å²) in [5.74, 6) is -0.849. The van der Waals surface area contributed by atoms with Gasteiger partial charge >= 0.3 is 12.2 Å². The molecule has 42 heavy (non-hydrogen) atoms. The summed E-state index contributed by atoms with van der Waals surface area (Å²) in [6, 6.07) is 14.9. The van der Waals surface area contributed by atoms with E-state index in [9.17, 15) is 19.2 Å². The van der Waals surface area contributed by atoms with Crippen LogP contribution in [-0.4, -0.2) is 60.2 Å². The Labute approximate surface area is 247 Å². The molecule has 4 amide bonds. The molecule has 1 fully saturated rings. The van der Waals surface area contributed by atoms with Crippen LogP contribution in [0.1, 0.15) is 50.8 Å². The van der Waals surface area contributed by atoms with Gasteiger partial charge in [0, 0.05) is 12.2 Å². The minimum Gasteiger partial charge on any atom is -0.445 e. The van der Waals surface area contributed by atoms with E-state index in [-0.39, 0.29) is 19.7 Å². The van der Waals surface area contributed by atoms with Crippen LogP contribution >= 0.6 is 0 Å². The smallest absolute Gasteiger partial charge is 0.410 e. The van der Waals surface area contributed by atoms with Crippen LogP contribution < -0.4 is 15.5 Å². The van der Waals surface area contributed by atoms with E-state index in [1.807, 2.05) is 36.4 Å². The number of carbonyl (C=O) groups excluding carboxylic acids is 4. The number of hydrogen-bond donors (Lipinski definition) is 2. The number of benzene rings is 2. The molecule has 1 aliphatic rings. The molecule has 1 heterocycles. The van der Waals surface area contributed by atoms with Gasteiger partial charge in [0.2, 0.25) is 11.8 Å². The summed E-state index contributed by atoms with van der Waals surface area (Å²) >= 11 is 0. The third-order valence-electron chi connectivity index (χ3n) is 6.36. The van der Waals surface area contributed by atoms with E-state index in [1.54, 1.807) is 51.1 Å². The van der Waals surface area contributed by atoms with Crippen LogP contribution in [0, 0.1) is 0 Å². The van der Waals surface area contributed by atoms with Crippen LogP contribution in [0.4, 0.5) is 15.3 Å². The van der Waals surface area contributed by atoms with Gasteiger partial charge in [-0.3, -0.25) is 19.4 Å². The van der Waals surface area contributed by atoms with Crippen molar-refractivity contribution in [2.45, 2.75) is 57.9 Å². The number of carbonyl (C=O) groups is 4. The van der Waals surface area contributed by atoms with Crippen molar-refractivity contribution in [1.82, 2.24) is 15.5 Å². The highest BCUT2D eigenvalue weighted by atomic mass is 16.6. The van der Waals surface area contributed by atoms with E-state index in [0.29, 0.717) is 30.6 Å². The summed E-state index contributed by atoms with van der Waals surface area (Å²) in [7, 11) is 0. The lowest BCUT2D eigenvalue weighted by Gasteiger charge is -2.40. The topological polar surface area (TPSA) is 117 Å². The first kappa shape index (κ1) is 31.9. The quantitative estimate of drug-likeness (QED) is 0.291. The van der Waals surface area contributed by atoms with Crippen LogP contribution in [0.3, 0.4) is 0 Å². The zero-order chi connectivity index (χ0) is 30.7. The molecule has 0 radical (unpaired) electrons. The third kappa shape index (κ3) is 9.22. The van der Waals surface area contributed by atoms with Gasteiger partial charge in [0.1, 0.15) is 24.8 Å². The first-order chi connectivity index (χ1) is 20.0. The highest BCUT2D eigenvalue weighted by molar-refractivity contribution is 6.04. The van der Waals surface area contributed by atoms with E-state index in [0.717, 1.165) is 5.56 Å². The molecule has 10 heteroatoms. The number of ether oxygens (including phenoxy) is 2. The van der Waals surface area contributed by atoms with E-state index in [2.05, 4.69) is 23.8 Å². The summed E-state index contributed by atoms with van der Waals surface area (Å²) < 4.78 is 10.9. The third-order valence-corrected chi connectivity index (χ3v) is 6.36. The second kappa shape index (κ2) is 14.9. The number of amides is 4. The van der Waals surface area contributed by atoms with Crippen molar-refractivity contribution in [1.29, 1.82) is 0 Å². The van der Waals surface area contributed by atoms with Gasteiger partial charge in [0.25, 0.3) is 0 Å². The summed E-state index contributed by atoms with van der Waals surface area (Å²) in [4.78, 5) is 54.9. The lowest BCUT2D eigenvalue weighted by Crippen LogP contribution is -2.63. The van der Waals surface area contributed by atoms with Gasteiger partial charge in [-0.25, -0.2) is 9.59 Å². The number of nitrogens with zero attached hydrogens (tertiary/aromatic N) is 2. The normalized spacial score (nSPS) is 15.8. The predicted octanol–water partition coefficient (Wildman–Crippen LogP) is 4.87. The van der Waals surface area contributed by atoms with Crippen LogP contribution in [0.15, 0.2) is 79.9 Å². The average molecular weight is 577 g/mol. The van der Waals surface area contributed by atoms with E-state index >= 15 is 0 Å². The SMILES string of the molecule is C=CCCNC(=O)[C@H]1CN(C(=O)OC(C)(C)C)CC(=O)N1c1cccc([C@H](CC=C)NC(=O)OCc2ccccc2)c1. The second-order valence-electron chi connectivity index (χ2n) is 10.9. The maximum Gasteiger partial charge on any atom is 0.410 e. The summed E-state index contributed by atoms with van der Waals surface area (Å²) in [6.45, 7) is 12.8. The van der Waals surface area contributed by atoms with Gasteiger partial charge in [0.05, 0.1) is 12.6 Å². The fourth-order valence-electron chi connectivity index (χ4n) is 4.42. The molecule has 0 saturated carbocycles. The van der Waals surface area contributed by atoms with Gasteiger partial charge in [0.15, 0.2) is 0 Å². The number of piperazine rings is 1.